The molecular formula is C14H18N2O6. The Morgan fingerprint density at radius 3 is 2.27 bits per heavy atom. The zero-order chi connectivity index (χ0) is 16.7. The maximum absolute atomic E-state index is 11.6. The quantitative estimate of drug-likeness (QED) is 0.370. The fourth-order valence-electron chi connectivity index (χ4n) is 1.60. The van der Waals surface area contributed by atoms with E-state index in [1.54, 1.807) is 0 Å². The predicted molar refractivity (Wildman–Crippen MR) is 75.3 cm³/mol. The van der Waals surface area contributed by atoms with E-state index in [2.05, 4.69) is 4.74 Å². The normalized spacial score (nSPS) is 13.2. The highest BCUT2D eigenvalue weighted by atomic mass is 16.6. The second-order valence-corrected chi connectivity index (χ2v) is 4.74. The van der Waals surface area contributed by atoms with Crippen molar-refractivity contribution in [3.05, 3.63) is 29.8 Å². The second kappa shape index (κ2) is 8.11. The van der Waals surface area contributed by atoms with E-state index in [-0.39, 0.29) is 25.0 Å². The van der Waals surface area contributed by atoms with Crippen LogP contribution in [0.5, 0.6) is 5.75 Å². The van der Waals surface area contributed by atoms with Crippen molar-refractivity contribution in [2.75, 3.05) is 0 Å². The molecule has 22 heavy (non-hydrogen) atoms. The van der Waals surface area contributed by atoms with Crippen LogP contribution in [-0.2, 0) is 25.5 Å². The molecule has 0 radical (unpaired) electrons. The van der Waals surface area contributed by atoms with Crippen molar-refractivity contribution in [2.24, 2.45) is 11.5 Å². The zero-order valence-electron chi connectivity index (χ0n) is 11.8. The summed E-state index contributed by atoms with van der Waals surface area (Å²) in [5.41, 5.74) is 10.9. The molecule has 0 aromatic heterocycles. The van der Waals surface area contributed by atoms with E-state index in [1.807, 2.05) is 0 Å². The van der Waals surface area contributed by atoms with E-state index in [0.29, 0.717) is 5.56 Å². The van der Waals surface area contributed by atoms with Crippen molar-refractivity contribution >= 4 is 17.8 Å². The molecule has 1 unspecified atom stereocenters. The molecule has 0 saturated carbocycles. The lowest BCUT2D eigenvalue weighted by Gasteiger charge is -2.12. The Labute approximate surface area is 126 Å². The number of nitrogens with two attached hydrogens (primary N) is 2. The third kappa shape index (κ3) is 5.90. The smallest absolute Gasteiger partial charge is 0.342 e. The lowest BCUT2D eigenvalue weighted by molar-refractivity contribution is -0.166. The van der Waals surface area contributed by atoms with Gasteiger partial charge in [0.15, 0.2) is 6.10 Å². The number of primary amides is 1. The number of carbonyl (C=O) groups is 3. The van der Waals surface area contributed by atoms with Crippen LogP contribution in [0.2, 0.25) is 0 Å². The molecule has 0 aliphatic rings. The number of aliphatic hydroxyl groups excluding tert-OH is 1. The summed E-state index contributed by atoms with van der Waals surface area (Å²) in [5, 5.41) is 18.8. The SMILES string of the molecule is NC(=O)CC[C@H](N)C(=O)OC(=O)C(O)Cc1ccc(O)cc1. The van der Waals surface area contributed by atoms with Crippen LogP contribution in [0.25, 0.3) is 0 Å². The van der Waals surface area contributed by atoms with Gasteiger partial charge in [0.2, 0.25) is 5.91 Å². The van der Waals surface area contributed by atoms with Gasteiger partial charge in [0.05, 0.1) is 0 Å². The van der Waals surface area contributed by atoms with Crippen LogP contribution in [0, 0.1) is 0 Å². The molecule has 0 heterocycles. The Morgan fingerprint density at radius 1 is 1.14 bits per heavy atom. The van der Waals surface area contributed by atoms with Crippen LogP contribution >= 0.6 is 0 Å². The highest BCUT2D eigenvalue weighted by Gasteiger charge is 2.24. The summed E-state index contributed by atoms with van der Waals surface area (Å²) in [6.45, 7) is 0. The van der Waals surface area contributed by atoms with Gasteiger partial charge in [-0.15, -0.1) is 0 Å². The Morgan fingerprint density at radius 2 is 1.73 bits per heavy atom. The molecule has 6 N–H and O–H groups in total. The van der Waals surface area contributed by atoms with E-state index >= 15 is 0 Å². The third-order valence-electron chi connectivity index (χ3n) is 2.84. The monoisotopic (exact) mass is 310 g/mol. The molecule has 0 spiro atoms. The number of amides is 1. The summed E-state index contributed by atoms with van der Waals surface area (Å²) in [4.78, 5) is 33.7. The van der Waals surface area contributed by atoms with E-state index in [9.17, 15) is 19.5 Å². The Kier molecular flexibility index (Phi) is 6.48. The average Bonchev–Trinajstić information content (AvgIpc) is 2.46. The number of phenols is 1. The number of hydrogen-bond acceptors (Lipinski definition) is 7. The number of rotatable bonds is 7. The number of aliphatic hydroxyl groups is 1. The zero-order valence-corrected chi connectivity index (χ0v) is 11.8. The van der Waals surface area contributed by atoms with Crippen LogP contribution in [0.1, 0.15) is 18.4 Å². The fourth-order valence-corrected chi connectivity index (χ4v) is 1.60. The first kappa shape index (κ1) is 17.6. The molecule has 2 atom stereocenters. The predicted octanol–water partition coefficient (Wildman–Crippen LogP) is -1.04. The summed E-state index contributed by atoms with van der Waals surface area (Å²) < 4.78 is 4.45. The van der Waals surface area contributed by atoms with E-state index in [0.717, 1.165) is 0 Å². The van der Waals surface area contributed by atoms with Crippen LogP contribution in [-0.4, -0.2) is 40.2 Å². The molecule has 1 aromatic carbocycles. The molecule has 0 aliphatic heterocycles. The van der Waals surface area contributed by atoms with Crippen LogP contribution in [0.15, 0.2) is 24.3 Å². The van der Waals surface area contributed by atoms with Crippen LogP contribution < -0.4 is 11.5 Å². The standard InChI is InChI=1S/C14H18N2O6/c15-10(5-6-12(16)19)13(20)22-14(21)11(18)7-8-1-3-9(17)4-2-8/h1-4,10-11,17-18H,5-7,15H2,(H2,16,19)/t10-,11?/m0/s1. The van der Waals surface area contributed by atoms with Gasteiger partial charge in [-0.2, -0.15) is 0 Å². The van der Waals surface area contributed by atoms with Gasteiger partial charge in [0, 0.05) is 12.8 Å². The summed E-state index contributed by atoms with van der Waals surface area (Å²) >= 11 is 0. The number of phenolic OH excluding ortho intramolecular Hbond substituents is 1. The molecule has 8 nitrogen and oxygen atoms in total. The average molecular weight is 310 g/mol. The third-order valence-corrected chi connectivity index (χ3v) is 2.84. The number of carbonyl (C=O) groups excluding carboxylic acids is 3. The lowest BCUT2D eigenvalue weighted by atomic mass is 10.1. The minimum Gasteiger partial charge on any atom is -0.508 e. The first-order valence-corrected chi connectivity index (χ1v) is 6.55. The minimum atomic E-state index is -1.54. The van der Waals surface area contributed by atoms with Crippen molar-refractivity contribution in [2.45, 2.75) is 31.4 Å². The highest BCUT2D eigenvalue weighted by Crippen LogP contribution is 2.12. The number of benzene rings is 1. The highest BCUT2D eigenvalue weighted by molar-refractivity contribution is 5.90. The molecule has 8 heteroatoms. The molecule has 0 saturated heterocycles. The van der Waals surface area contributed by atoms with Crippen LogP contribution in [0.4, 0.5) is 0 Å². The van der Waals surface area contributed by atoms with Gasteiger partial charge < -0.3 is 26.4 Å². The van der Waals surface area contributed by atoms with E-state index in [1.165, 1.54) is 24.3 Å². The van der Waals surface area contributed by atoms with Crippen molar-refractivity contribution in [3.8, 4) is 5.75 Å². The molecule has 1 rings (SSSR count). The van der Waals surface area contributed by atoms with Crippen molar-refractivity contribution in [1.29, 1.82) is 0 Å². The molecule has 1 amide bonds. The first-order valence-electron chi connectivity index (χ1n) is 6.55. The summed E-state index contributed by atoms with van der Waals surface area (Å²) in [6, 6.07) is 4.67. The Hall–Kier alpha value is -2.45. The Bertz CT molecular complexity index is 543. The molecule has 120 valence electrons. The van der Waals surface area contributed by atoms with Gasteiger partial charge in [-0.1, -0.05) is 12.1 Å². The number of esters is 2. The first-order chi connectivity index (χ1) is 10.3. The molecule has 0 bridgehead atoms. The lowest BCUT2D eigenvalue weighted by Crippen LogP contribution is -2.37. The van der Waals surface area contributed by atoms with Crippen molar-refractivity contribution in [3.63, 3.8) is 0 Å². The maximum Gasteiger partial charge on any atom is 0.342 e. The molecule has 0 aliphatic carbocycles. The van der Waals surface area contributed by atoms with Gasteiger partial charge in [0.25, 0.3) is 0 Å². The molecule has 0 fully saturated rings. The van der Waals surface area contributed by atoms with Gasteiger partial charge in [-0.05, 0) is 24.1 Å². The fraction of sp³-hybridized carbons (Fsp3) is 0.357. The summed E-state index contributed by atoms with van der Waals surface area (Å²) in [6.07, 6.45) is -1.78. The van der Waals surface area contributed by atoms with Gasteiger partial charge >= 0.3 is 11.9 Å². The number of ether oxygens (including phenoxy) is 1. The van der Waals surface area contributed by atoms with Gasteiger partial charge in [0.1, 0.15) is 11.8 Å². The number of aromatic hydroxyl groups is 1. The van der Waals surface area contributed by atoms with Crippen molar-refractivity contribution in [1.82, 2.24) is 0 Å². The van der Waals surface area contributed by atoms with Crippen molar-refractivity contribution < 1.29 is 29.3 Å². The largest absolute Gasteiger partial charge is 0.508 e. The second-order valence-electron chi connectivity index (χ2n) is 4.74. The Balaban J connectivity index is 2.47. The van der Waals surface area contributed by atoms with Gasteiger partial charge in [-0.25, -0.2) is 9.59 Å². The molecule has 1 aromatic rings. The van der Waals surface area contributed by atoms with E-state index < -0.39 is 30.0 Å². The topological polar surface area (TPSA) is 153 Å². The van der Waals surface area contributed by atoms with Crippen LogP contribution in [0.3, 0.4) is 0 Å². The summed E-state index contributed by atoms with van der Waals surface area (Å²) in [5.74, 6) is -2.73. The minimum absolute atomic E-state index is 0.0461. The maximum atomic E-state index is 11.6. The molecular weight excluding hydrogens is 292 g/mol. The summed E-state index contributed by atoms with van der Waals surface area (Å²) in [7, 11) is 0. The van der Waals surface area contributed by atoms with Gasteiger partial charge in [-0.3, -0.25) is 4.79 Å². The number of hydrogen-bond donors (Lipinski definition) is 4. The van der Waals surface area contributed by atoms with E-state index in [4.69, 9.17) is 16.6 Å².